The minimum absolute atomic E-state index is 0.354. The Kier molecular flexibility index (Phi) is 6.52. The molecule has 0 spiro atoms. The molecule has 3 nitrogen and oxygen atoms in total. The Morgan fingerprint density at radius 1 is 1.33 bits per heavy atom. The van der Waals surface area contributed by atoms with Gasteiger partial charge in [0.25, 0.3) is 0 Å². The monoisotopic (exact) mass is 290 g/mol. The second-order valence-electron chi connectivity index (χ2n) is 6.29. The van der Waals surface area contributed by atoms with Crippen molar-refractivity contribution in [2.45, 2.75) is 58.0 Å². The number of hydrogen-bond donors (Lipinski definition) is 2. The second-order valence-corrected chi connectivity index (χ2v) is 6.29. The van der Waals surface area contributed by atoms with E-state index in [0.717, 1.165) is 13.0 Å². The molecule has 0 radical (unpaired) electrons. The van der Waals surface area contributed by atoms with Crippen molar-refractivity contribution in [3.8, 4) is 5.75 Å². The summed E-state index contributed by atoms with van der Waals surface area (Å²) in [6.07, 6.45) is 6.12. The zero-order valence-electron chi connectivity index (χ0n) is 13.5. The van der Waals surface area contributed by atoms with E-state index in [9.17, 15) is 5.11 Å². The molecule has 3 heteroatoms. The number of piperidine rings is 1. The number of aromatic hydroxyl groups is 1. The zero-order valence-corrected chi connectivity index (χ0v) is 13.5. The molecule has 0 aliphatic carbocycles. The Labute approximate surface area is 129 Å². The molecular weight excluding hydrogens is 260 g/mol. The van der Waals surface area contributed by atoms with E-state index in [-0.39, 0.29) is 0 Å². The molecule has 1 aromatic carbocycles. The third kappa shape index (κ3) is 5.01. The second kappa shape index (κ2) is 8.40. The summed E-state index contributed by atoms with van der Waals surface area (Å²) < 4.78 is 0. The maximum absolute atomic E-state index is 9.35. The van der Waals surface area contributed by atoms with Crippen molar-refractivity contribution < 1.29 is 5.11 Å². The molecule has 21 heavy (non-hydrogen) atoms. The summed E-state index contributed by atoms with van der Waals surface area (Å²) in [6.45, 7) is 8.16. The fourth-order valence-corrected chi connectivity index (χ4v) is 3.34. The van der Waals surface area contributed by atoms with Crippen LogP contribution >= 0.6 is 0 Å². The Balaban J connectivity index is 1.88. The molecular formula is C18H30N2O. The Bertz CT molecular complexity index is 398. The van der Waals surface area contributed by atoms with Crippen molar-refractivity contribution in [1.82, 2.24) is 10.2 Å². The summed E-state index contributed by atoms with van der Waals surface area (Å²) in [6, 6.07) is 8.96. The number of phenols is 1. The van der Waals surface area contributed by atoms with E-state index in [1.165, 1.54) is 44.3 Å². The quantitative estimate of drug-likeness (QED) is 0.809. The van der Waals surface area contributed by atoms with Gasteiger partial charge >= 0.3 is 0 Å². The van der Waals surface area contributed by atoms with E-state index in [0.29, 0.717) is 17.8 Å². The maximum atomic E-state index is 9.35. The van der Waals surface area contributed by atoms with Gasteiger partial charge in [0.1, 0.15) is 5.75 Å². The lowest BCUT2D eigenvalue weighted by molar-refractivity contribution is 0.115. The normalized spacial score (nSPS) is 20.6. The van der Waals surface area contributed by atoms with Gasteiger partial charge in [-0.1, -0.05) is 19.1 Å². The Morgan fingerprint density at radius 3 is 2.71 bits per heavy atom. The van der Waals surface area contributed by atoms with Crippen LogP contribution in [0.15, 0.2) is 24.3 Å². The lowest BCUT2D eigenvalue weighted by atomic mass is 10.00. The van der Waals surface area contributed by atoms with Gasteiger partial charge in [0.05, 0.1) is 0 Å². The van der Waals surface area contributed by atoms with Crippen LogP contribution in [0.3, 0.4) is 0 Å². The van der Waals surface area contributed by atoms with E-state index in [4.69, 9.17) is 0 Å². The first-order valence-electron chi connectivity index (χ1n) is 8.45. The van der Waals surface area contributed by atoms with Gasteiger partial charge in [0, 0.05) is 18.6 Å². The molecule has 0 bridgehead atoms. The third-order valence-corrected chi connectivity index (χ3v) is 4.57. The van der Waals surface area contributed by atoms with Crippen LogP contribution in [0.5, 0.6) is 5.75 Å². The summed E-state index contributed by atoms with van der Waals surface area (Å²) >= 11 is 0. The van der Waals surface area contributed by atoms with Crippen molar-refractivity contribution in [3.05, 3.63) is 29.8 Å². The van der Waals surface area contributed by atoms with Crippen LogP contribution in [-0.2, 0) is 6.42 Å². The molecule has 1 aliphatic heterocycles. The highest BCUT2D eigenvalue weighted by molar-refractivity contribution is 5.25. The van der Waals surface area contributed by atoms with E-state index >= 15 is 0 Å². The first-order valence-corrected chi connectivity index (χ1v) is 8.45. The lowest BCUT2D eigenvalue weighted by Crippen LogP contribution is -2.50. The first kappa shape index (κ1) is 16.3. The SMILES string of the molecule is CCCN(C(C)CCc1ccc(O)cc1)C1CCCNC1. The van der Waals surface area contributed by atoms with Crippen LogP contribution in [0.2, 0.25) is 0 Å². The third-order valence-electron chi connectivity index (χ3n) is 4.57. The highest BCUT2D eigenvalue weighted by atomic mass is 16.3. The van der Waals surface area contributed by atoms with E-state index < -0.39 is 0 Å². The van der Waals surface area contributed by atoms with Crippen LogP contribution < -0.4 is 5.32 Å². The molecule has 2 rings (SSSR count). The van der Waals surface area contributed by atoms with Crippen molar-refractivity contribution in [2.75, 3.05) is 19.6 Å². The van der Waals surface area contributed by atoms with E-state index in [1.807, 2.05) is 12.1 Å². The molecule has 0 saturated carbocycles. The number of benzene rings is 1. The van der Waals surface area contributed by atoms with Crippen LogP contribution in [-0.4, -0.2) is 41.7 Å². The number of nitrogens with zero attached hydrogens (tertiary/aromatic N) is 1. The van der Waals surface area contributed by atoms with Crippen molar-refractivity contribution >= 4 is 0 Å². The number of nitrogens with one attached hydrogen (secondary N) is 1. The number of rotatable bonds is 7. The fourth-order valence-electron chi connectivity index (χ4n) is 3.34. The zero-order chi connectivity index (χ0) is 15.1. The van der Waals surface area contributed by atoms with Gasteiger partial charge in [0.15, 0.2) is 0 Å². The summed E-state index contributed by atoms with van der Waals surface area (Å²) in [5.41, 5.74) is 1.32. The van der Waals surface area contributed by atoms with Gasteiger partial charge in [0.2, 0.25) is 0 Å². The van der Waals surface area contributed by atoms with Gasteiger partial charge < -0.3 is 10.4 Å². The van der Waals surface area contributed by atoms with Crippen LogP contribution in [0.4, 0.5) is 0 Å². The largest absolute Gasteiger partial charge is 0.508 e. The van der Waals surface area contributed by atoms with Crippen molar-refractivity contribution in [3.63, 3.8) is 0 Å². The molecule has 1 aliphatic rings. The summed E-state index contributed by atoms with van der Waals surface area (Å²) in [5.74, 6) is 0.354. The summed E-state index contributed by atoms with van der Waals surface area (Å²) in [4.78, 5) is 2.70. The highest BCUT2D eigenvalue weighted by Crippen LogP contribution is 2.18. The lowest BCUT2D eigenvalue weighted by Gasteiger charge is -2.39. The number of aryl methyl sites for hydroxylation is 1. The van der Waals surface area contributed by atoms with Gasteiger partial charge in [-0.25, -0.2) is 0 Å². The fraction of sp³-hybridized carbons (Fsp3) is 0.667. The average molecular weight is 290 g/mol. The van der Waals surface area contributed by atoms with Crippen LogP contribution in [0, 0.1) is 0 Å². The average Bonchev–Trinajstić information content (AvgIpc) is 2.52. The molecule has 1 saturated heterocycles. The van der Waals surface area contributed by atoms with Crippen LogP contribution in [0.1, 0.15) is 45.1 Å². The number of hydrogen-bond acceptors (Lipinski definition) is 3. The molecule has 2 atom stereocenters. The predicted octanol–water partition coefficient (Wildman–Crippen LogP) is 3.18. The maximum Gasteiger partial charge on any atom is 0.115 e. The molecule has 1 fully saturated rings. The smallest absolute Gasteiger partial charge is 0.115 e. The first-order chi connectivity index (χ1) is 10.2. The minimum Gasteiger partial charge on any atom is -0.508 e. The molecule has 1 aromatic rings. The van der Waals surface area contributed by atoms with Crippen LogP contribution in [0.25, 0.3) is 0 Å². The highest BCUT2D eigenvalue weighted by Gasteiger charge is 2.24. The topological polar surface area (TPSA) is 35.5 Å². The molecule has 118 valence electrons. The summed E-state index contributed by atoms with van der Waals surface area (Å²) in [5, 5.41) is 12.9. The van der Waals surface area contributed by atoms with Crippen molar-refractivity contribution in [2.24, 2.45) is 0 Å². The molecule has 2 N–H and O–H groups in total. The Morgan fingerprint density at radius 2 is 2.10 bits per heavy atom. The van der Waals surface area contributed by atoms with E-state index in [2.05, 4.69) is 24.1 Å². The minimum atomic E-state index is 0.354. The van der Waals surface area contributed by atoms with Gasteiger partial charge in [-0.05, 0) is 69.8 Å². The molecule has 0 amide bonds. The Hall–Kier alpha value is -1.06. The predicted molar refractivity (Wildman–Crippen MR) is 88.8 cm³/mol. The van der Waals surface area contributed by atoms with Gasteiger partial charge in [-0.3, -0.25) is 4.90 Å². The van der Waals surface area contributed by atoms with Gasteiger partial charge in [-0.15, -0.1) is 0 Å². The van der Waals surface area contributed by atoms with Gasteiger partial charge in [-0.2, -0.15) is 0 Å². The molecule has 2 unspecified atom stereocenters. The summed E-state index contributed by atoms with van der Waals surface area (Å²) in [7, 11) is 0. The number of phenolic OH excluding ortho intramolecular Hbond substituents is 1. The molecule has 1 heterocycles. The molecule has 0 aromatic heterocycles. The van der Waals surface area contributed by atoms with E-state index in [1.54, 1.807) is 12.1 Å². The standard InChI is InChI=1S/C18H30N2O/c1-3-13-20(17-5-4-12-19-14-17)15(2)6-7-16-8-10-18(21)11-9-16/h8-11,15,17,19,21H,3-7,12-14H2,1-2H3. The van der Waals surface area contributed by atoms with Crippen molar-refractivity contribution in [1.29, 1.82) is 0 Å².